The second kappa shape index (κ2) is 6.93. The standard InChI is InChI=1S/C14H21N.ClH/c1-12-7-5-6-8-13(12)11-15-14-9-3-2-4-10-14;/h5-8,14-15H,2-4,9-11H2,1H3;1H/p-1. The molecule has 2 rings (SSSR count). The van der Waals surface area contributed by atoms with Gasteiger partial charge < -0.3 is 17.7 Å². The third-order valence-electron chi connectivity index (χ3n) is 3.45. The minimum Gasteiger partial charge on any atom is -1.00 e. The van der Waals surface area contributed by atoms with E-state index in [4.69, 9.17) is 0 Å². The number of halogens is 1. The maximum Gasteiger partial charge on any atom is 0.0210 e. The lowest BCUT2D eigenvalue weighted by molar-refractivity contribution is -0.00000327. The van der Waals surface area contributed by atoms with Gasteiger partial charge in [0.15, 0.2) is 0 Å². The van der Waals surface area contributed by atoms with E-state index in [1.807, 2.05) is 0 Å². The van der Waals surface area contributed by atoms with Gasteiger partial charge in [0.05, 0.1) is 0 Å². The first kappa shape index (κ1) is 13.5. The lowest BCUT2D eigenvalue weighted by Crippen LogP contribution is -3.00. The summed E-state index contributed by atoms with van der Waals surface area (Å²) in [6.07, 6.45) is 6.98. The van der Waals surface area contributed by atoms with Crippen LogP contribution in [0.3, 0.4) is 0 Å². The molecule has 0 atom stereocenters. The smallest absolute Gasteiger partial charge is 0.0210 e. The Hall–Kier alpha value is -0.530. The van der Waals surface area contributed by atoms with Crippen LogP contribution in [0.5, 0.6) is 0 Å². The maximum atomic E-state index is 3.68. The molecule has 0 saturated heterocycles. The SMILES string of the molecule is Cc1ccccc1CNC1CCCCC1.[Cl-]. The second-order valence-electron chi connectivity index (χ2n) is 4.64. The molecule has 1 saturated carbocycles. The summed E-state index contributed by atoms with van der Waals surface area (Å²) in [5, 5.41) is 3.68. The van der Waals surface area contributed by atoms with Crippen molar-refractivity contribution in [2.45, 2.75) is 51.6 Å². The van der Waals surface area contributed by atoms with Crippen molar-refractivity contribution in [2.24, 2.45) is 0 Å². The van der Waals surface area contributed by atoms with Crippen LogP contribution in [-0.4, -0.2) is 6.04 Å². The van der Waals surface area contributed by atoms with Gasteiger partial charge in [-0.05, 0) is 30.9 Å². The van der Waals surface area contributed by atoms with Gasteiger partial charge in [-0.25, -0.2) is 0 Å². The zero-order valence-electron chi connectivity index (χ0n) is 10.0. The van der Waals surface area contributed by atoms with Gasteiger partial charge in [0.2, 0.25) is 0 Å². The number of hydrogen-bond acceptors (Lipinski definition) is 1. The highest BCUT2D eigenvalue weighted by Gasteiger charge is 2.12. The van der Waals surface area contributed by atoms with Crippen LogP contribution < -0.4 is 17.7 Å². The van der Waals surface area contributed by atoms with E-state index in [0.717, 1.165) is 12.6 Å². The molecule has 0 bridgehead atoms. The molecule has 1 nitrogen and oxygen atoms in total. The Morgan fingerprint density at radius 3 is 2.50 bits per heavy atom. The first-order valence-corrected chi connectivity index (χ1v) is 6.14. The van der Waals surface area contributed by atoms with Crippen LogP contribution in [0.15, 0.2) is 24.3 Å². The van der Waals surface area contributed by atoms with Gasteiger partial charge in [-0.2, -0.15) is 0 Å². The van der Waals surface area contributed by atoms with Gasteiger partial charge in [0.1, 0.15) is 0 Å². The average Bonchev–Trinajstić information content (AvgIpc) is 2.29. The summed E-state index contributed by atoms with van der Waals surface area (Å²) in [5.74, 6) is 0. The molecular weight excluding hydrogens is 218 g/mol. The molecule has 1 aliphatic carbocycles. The van der Waals surface area contributed by atoms with E-state index >= 15 is 0 Å². The monoisotopic (exact) mass is 238 g/mol. The number of nitrogens with one attached hydrogen (secondary N) is 1. The number of hydrogen-bond donors (Lipinski definition) is 1. The molecule has 1 fully saturated rings. The Balaban J connectivity index is 0.00000128. The molecule has 1 aromatic rings. The summed E-state index contributed by atoms with van der Waals surface area (Å²) in [5.41, 5.74) is 2.85. The Labute approximate surface area is 105 Å². The molecule has 0 aliphatic heterocycles. The lowest BCUT2D eigenvalue weighted by Gasteiger charge is -2.23. The summed E-state index contributed by atoms with van der Waals surface area (Å²) in [7, 11) is 0. The summed E-state index contributed by atoms with van der Waals surface area (Å²) < 4.78 is 0. The van der Waals surface area contributed by atoms with Crippen LogP contribution in [-0.2, 0) is 6.54 Å². The topological polar surface area (TPSA) is 12.0 Å². The molecule has 0 amide bonds. The molecule has 0 aromatic heterocycles. The fourth-order valence-electron chi connectivity index (χ4n) is 2.37. The van der Waals surface area contributed by atoms with Gasteiger partial charge in [-0.15, -0.1) is 0 Å². The van der Waals surface area contributed by atoms with Crippen LogP contribution in [0, 0.1) is 6.92 Å². The molecule has 2 heteroatoms. The highest BCUT2D eigenvalue weighted by molar-refractivity contribution is 5.25. The molecule has 0 spiro atoms. The van der Waals surface area contributed by atoms with Crippen LogP contribution in [0.4, 0.5) is 0 Å². The van der Waals surface area contributed by atoms with Crippen LogP contribution in [0.25, 0.3) is 0 Å². The predicted molar refractivity (Wildman–Crippen MR) is 64.9 cm³/mol. The fourth-order valence-corrected chi connectivity index (χ4v) is 2.37. The largest absolute Gasteiger partial charge is 1.00 e. The van der Waals surface area contributed by atoms with Crippen molar-refractivity contribution >= 4 is 0 Å². The zero-order valence-corrected chi connectivity index (χ0v) is 10.8. The minimum atomic E-state index is 0. The second-order valence-corrected chi connectivity index (χ2v) is 4.64. The third-order valence-corrected chi connectivity index (χ3v) is 3.45. The van der Waals surface area contributed by atoms with Gasteiger partial charge in [-0.3, -0.25) is 0 Å². The molecular formula is C14H21ClN-. The van der Waals surface area contributed by atoms with Crippen molar-refractivity contribution in [3.8, 4) is 0 Å². The molecule has 0 radical (unpaired) electrons. The van der Waals surface area contributed by atoms with Crippen molar-refractivity contribution in [1.82, 2.24) is 5.32 Å². The molecule has 1 aliphatic rings. The molecule has 1 aromatic carbocycles. The average molecular weight is 239 g/mol. The van der Waals surface area contributed by atoms with Gasteiger partial charge in [-0.1, -0.05) is 43.5 Å². The van der Waals surface area contributed by atoms with Gasteiger partial charge in [0, 0.05) is 12.6 Å². The lowest BCUT2D eigenvalue weighted by atomic mass is 9.95. The molecule has 16 heavy (non-hydrogen) atoms. The van der Waals surface area contributed by atoms with E-state index in [2.05, 4.69) is 36.5 Å². The predicted octanol–water partition coefficient (Wildman–Crippen LogP) is 0.421. The van der Waals surface area contributed by atoms with E-state index in [1.54, 1.807) is 0 Å². The van der Waals surface area contributed by atoms with Crippen molar-refractivity contribution in [3.05, 3.63) is 35.4 Å². The fraction of sp³-hybridized carbons (Fsp3) is 0.571. The highest BCUT2D eigenvalue weighted by atomic mass is 35.5. The van der Waals surface area contributed by atoms with E-state index in [9.17, 15) is 0 Å². The van der Waals surface area contributed by atoms with Gasteiger partial charge >= 0.3 is 0 Å². The Morgan fingerprint density at radius 2 is 1.81 bits per heavy atom. The summed E-state index contributed by atoms with van der Waals surface area (Å²) in [4.78, 5) is 0. The van der Waals surface area contributed by atoms with Crippen molar-refractivity contribution in [2.75, 3.05) is 0 Å². The normalized spacial score (nSPS) is 16.8. The Kier molecular flexibility index (Phi) is 5.86. The van der Waals surface area contributed by atoms with Crippen LogP contribution >= 0.6 is 0 Å². The van der Waals surface area contributed by atoms with Crippen molar-refractivity contribution < 1.29 is 12.4 Å². The van der Waals surface area contributed by atoms with Crippen LogP contribution in [0.2, 0.25) is 0 Å². The summed E-state index contributed by atoms with van der Waals surface area (Å²) >= 11 is 0. The quantitative estimate of drug-likeness (QED) is 0.805. The first-order chi connectivity index (χ1) is 7.36. The first-order valence-electron chi connectivity index (χ1n) is 6.14. The van der Waals surface area contributed by atoms with E-state index in [0.29, 0.717) is 0 Å². The minimum absolute atomic E-state index is 0. The van der Waals surface area contributed by atoms with E-state index < -0.39 is 0 Å². The zero-order chi connectivity index (χ0) is 10.5. The summed E-state index contributed by atoms with van der Waals surface area (Å²) in [6, 6.07) is 9.42. The van der Waals surface area contributed by atoms with E-state index in [-0.39, 0.29) is 12.4 Å². The van der Waals surface area contributed by atoms with E-state index in [1.165, 1.54) is 43.2 Å². The third kappa shape index (κ3) is 3.80. The Morgan fingerprint density at radius 1 is 1.12 bits per heavy atom. The van der Waals surface area contributed by atoms with Gasteiger partial charge in [0.25, 0.3) is 0 Å². The molecule has 1 N–H and O–H groups in total. The number of benzene rings is 1. The Bertz CT molecular complexity index is 305. The summed E-state index contributed by atoms with van der Waals surface area (Å²) in [6.45, 7) is 3.23. The molecule has 0 unspecified atom stereocenters. The molecule has 90 valence electrons. The van der Waals surface area contributed by atoms with Crippen LogP contribution in [0.1, 0.15) is 43.2 Å². The number of rotatable bonds is 3. The number of aryl methyl sites for hydroxylation is 1. The maximum absolute atomic E-state index is 3.68. The van der Waals surface area contributed by atoms with Crippen molar-refractivity contribution in [1.29, 1.82) is 0 Å². The molecule has 0 heterocycles. The highest BCUT2D eigenvalue weighted by Crippen LogP contribution is 2.18. The van der Waals surface area contributed by atoms with Crippen molar-refractivity contribution in [3.63, 3.8) is 0 Å².